The molecule has 1 saturated heterocycles. The number of hydrogen-bond donors (Lipinski definition) is 3. The highest BCUT2D eigenvalue weighted by Crippen LogP contribution is 2.25. The minimum atomic E-state index is -0.736. The molecule has 3 unspecified atom stereocenters. The summed E-state index contributed by atoms with van der Waals surface area (Å²) in [4.78, 5) is 11.8. The van der Waals surface area contributed by atoms with Crippen molar-refractivity contribution in [3.05, 3.63) is 0 Å². The second-order valence-corrected chi connectivity index (χ2v) is 7.94. The highest BCUT2D eigenvalue weighted by atomic mass is 16.6. The van der Waals surface area contributed by atoms with Gasteiger partial charge in [-0.3, -0.25) is 0 Å². The fourth-order valence-electron chi connectivity index (χ4n) is 3.31. The lowest BCUT2D eigenvalue weighted by Crippen LogP contribution is -2.50. The lowest BCUT2D eigenvalue weighted by atomic mass is 9.84. The van der Waals surface area contributed by atoms with Crippen LogP contribution < -0.4 is 10.6 Å². The molecular weight excluding hydrogens is 296 g/mol. The van der Waals surface area contributed by atoms with E-state index in [-0.39, 0.29) is 6.09 Å². The Morgan fingerprint density at radius 2 is 2.09 bits per heavy atom. The van der Waals surface area contributed by atoms with E-state index in [0.29, 0.717) is 44.7 Å². The van der Waals surface area contributed by atoms with E-state index in [4.69, 9.17) is 9.47 Å². The number of hydrogen-bond acceptors (Lipinski definition) is 5. The van der Waals surface area contributed by atoms with Crippen LogP contribution in [0.1, 0.15) is 52.9 Å². The average molecular weight is 328 g/mol. The van der Waals surface area contributed by atoms with Crippen molar-refractivity contribution in [2.75, 3.05) is 26.3 Å². The van der Waals surface area contributed by atoms with Crippen LogP contribution in [0.2, 0.25) is 0 Å². The number of rotatable bonds is 5. The third kappa shape index (κ3) is 6.28. The molecular formula is C17H32N2O4. The largest absolute Gasteiger partial charge is 0.444 e. The smallest absolute Gasteiger partial charge is 0.407 e. The zero-order valence-corrected chi connectivity index (χ0v) is 14.7. The summed E-state index contributed by atoms with van der Waals surface area (Å²) >= 11 is 0. The number of ether oxygens (including phenoxy) is 2. The molecule has 1 amide bonds. The van der Waals surface area contributed by atoms with Crippen LogP contribution in [-0.4, -0.2) is 54.7 Å². The predicted molar refractivity (Wildman–Crippen MR) is 88.4 cm³/mol. The maximum atomic E-state index is 11.8. The summed E-state index contributed by atoms with van der Waals surface area (Å²) in [6.07, 6.45) is 4.87. The van der Waals surface area contributed by atoms with Crippen molar-refractivity contribution < 1.29 is 19.4 Å². The van der Waals surface area contributed by atoms with Crippen LogP contribution in [0, 0.1) is 5.92 Å². The van der Waals surface area contributed by atoms with Gasteiger partial charge in [0.05, 0.1) is 6.61 Å². The van der Waals surface area contributed by atoms with Gasteiger partial charge in [0.1, 0.15) is 11.2 Å². The van der Waals surface area contributed by atoms with Crippen molar-refractivity contribution in [2.24, 2.45) is 5.92 Å². The number of aliphatic hydroxyl groups is 1. The van der Waals surface area contributed by atoms with Crippen molar-refractivity contribution in [1.29, 1.82) is 0 Å². The minimum absolute atomic E-state index is 0.323. The van der Waals surface area contributed by atoms with Crippen molar-refractivity contribution >= 4 is 6.09 Å². The first-order valence-corrected chi connectivity index (χ1v) is 8.78. The lowest BCUT2D eigenvalue weighted by molar-refractivity contribution is 0.0211. The Hall–Kier alpha value is -0.850. The Kier molecular flexibility index (Phi) is 6.28. The summed E-state index contributed by atoms with van der Waals surface area (Å²) in [5.74, 6) is 0.377. The van der Waals surface area contributed by atoms with Crippen molar-refractivity contribution in [3.8, 4) is 0 Å². The summed E-state index contributed by atoms with van der Waals surface area (Å²) in [6.45, 7) is 7.80. The number of amides is 1. The van der Waals surface area contributed by atoms with E-state index >= 15 is 0 Å². The average Bonchev–Trinajstić information content (AvgIpc) is 2.89. The molecule has 1 heterocycles. The summed E-state index contributed by atoms with van der Waals surface area (Å²) < 4.78 is 10.6. The second-order valence-electron chi connectivity index (χ2n) is 7.94. The van der Waals surface area contributed by atoms with Crippen LogP contribution >= 0.6 is 0 Å². The number of nitrogens with one attached hydrogen (secondary N) is 2. The lowest BCUT2D eigenvalue weighted by Gasteiger charge is -2.34. The molecule has 6 heteroatoms. The van der Waals surface area contributed by atoms with E-state index in [9.17, 15) is 9.90 Å². The zero-order chi connectivity index (χ0) is 16.9. The van der Waals surface area contributed by atoms with Gasteiger partial charge in [-0.2, -0.15) is 0 Å². The molecule has 0 bridgehead atoms. The molecule has 1 aliphatic heterocycles. The van der Waals surface area contributed by atoms with Gasteiger partial charge >= 0.3 is 6.09 Å². The van der Waals surface area contributed by atoms with Gasteiger partial charge in [-0.1, -0.05) is 12.8 Å². The number of alkyl carbamates (subject to hydrolysis) is 1. The molecule has 0 aromatic heterocycles. The normalized spacial score (nSPS) is 31.8. The van der Waals surface area contributed by atoms with E-state index in [1.807, 2.05) is 20.8 Å². The highest BCUT2D eigenvalue weighted by molar-refractivity contribution is 5.67. The molecule has 1 saturated carbocycles. The molecule has 0 aromatic carbocycles. The predicted octanol–water partition coefficient (Wildman–Crippen LogP) is 1.81. The Morgan fingerprint density at radius 3 is 2.74 bits per heavy atom. The molecule has 23 heavy (non-hydrogen) atoms. The summed E-state index contributed by atoms with van der Waals surface area (Å²) in [6, 6.07) is 0.323. The van der Waals surface area contributed by atoms with Crippen molar-refractivity contribution in [2.45, 2.75) is 70.1 Å². The molecule has 2 rings (SSSR count). The van der Waals surface area contributed by atoms with Crippen LogP contribution in [0.15, 0.2) is 0 Å². The molecule has 3 atom stereocenters. The SMILES string of the molecule is CC(C)(C)OC(=O)NCC1CCCCC1NCC1(O)CCOC1. The molecule has 0 radical (unpaired) electrons. The second kappa shape index (κ2) is 7.81. The van der Waals surface area contributed by atoms with Crippen molar-refractivity contribution in [3.63, 3.8) is 0 Å². The quantitative estimate of drug-likeness (QED) is 0.717. The molecule has 1 aliphatic carbocycles. The standard InChI is InChI=1S/C17H32N2O4/c1-16(2,3)23-15(20)18-10-13-6-4-5-7-14(13)19-11-17(21)8-9-22-12-17/h13-14,19,21H,4-12H2,1-3H3,(H,18,20). The van der Waals surface area contributed by atoms with E-state index in [1.165, 1.54) is 12.8 Å². The van der Waals surface area contributed by atoms with Crippen LogP contribution in [-0.2, 0) is 9.47 Å². The Bertz CT molecular complexity index is 389. The molecule has 3 N–H and O–H groups in total. The van der Waals surface area contributed by atoms with E-state index in [0.717, 1.165) is 12.8 Å². The summed E-state index contributed by atoms with van der Waals surface area (Å²) in [5.41, 5.74) is -1.21. The van der Waals surface area contributed by atoms with Gasteiger partial charge in [0, 0.05) is 32.2 Å². The van der Waals surface area contributed by atoms with E-state index < -0.39 is 11.2 Å². The monoisotopic (exact) mass is 328 g/mol. The molecule has 2 fully saturated rings. The Balaban J connectivity index is 1.77. The molecule has 134 valence electrons. The first-order valence-electron chi connectivity index (χ1n) is 8.78. The van der Waals surface area contributed by atoms with Crippen LogP contribution in [0.25, 0.3) is 0 Å². The fraction of sp³-hybridized carbons (Fsp3) is 0.941. The van der Waals surface area contributed by atoms with E-state index in [1.54, 1.807) is 0 Å². The maximum absolute atomic E-state index is 11.8. The third-order valence-electron chi connectivity index (χ3n) is 4.59. The van der Waals surface area contributed by atoms with Gasteiger partial charge in [0.25, 0.3) is 0 Å². The topological polar surface area (TPSA) is 79.8 Å². The van der Waals surface area contributed by atoms with Gasteiger partial charge in [-0.25, -0.2) is 4.79 Å². The Morgan fingerprint density at radius 1 is 1.35 bits per heavy atom. The number of carbonyl (C=O) groups excluding carboxylic acids is 1. The maximum Gasteiger partial charge on any atom is 0.407 e. The van der Waals surface area contributed by atoms with Crippen LogP contribution in [0.4, 0.5) is 4.79 Å². The van der Waals surface area contributed by atoms with Gasteiger partial charge in [-0.15, -0.1) is 0 Å². The fourth-order valence-corrected chi connectivity index (χ4v) is 3.31. The number of carbonyl (C=O) groups is 1. The molecule has 0 spiro atoms. The minimum Gasteiger partial charge on any atom is -0.444 e. The Labute approximate surface area is 139 Å². The van der Waals surface area contributed by atoms with E-state index in [2.05, 4.69) is 10.6 Å². The molecule has 6 nitrogen and oxygen atoms in total. The first kappa shape index (κ1) is 18.5. The highest BCUT2D eigenvalue weighted by Gasteiger charge is 2.34. The zero-order valence-electron chi connectivity index (χ0n) is 14.7. The first-order chi connectivity index (χ1) is 10.8. The molecule has 0 aromatic rings. The van der Waals surface area contributed by atoms with Gasteiger partial charge < -0.3 is 25.2 Å². The van der Waals surface area contributed by atoms with Crippen LogP contribution in [0.5, 0.6) is 0 Å². The third-order valence-corrected chi connectivity index (χ3v) is 4.59. The van der Waals surface area contributed by atoms with Gasteiger partial charge in [0.15, 0.2) is 0 Å². The van der Waals surface area contributed by atoms with Crippen molar-refractivity contribution in [1.82, 2.24) is 10.6 Å². The summed E-state index contributed by atoms with van der Waals surface area (Å²) in [5, 5.41) is 16.8. The van der Waals surface area contributed by atoms with Crippen LogP contribution in [0.3, 0.4) is 0 Å². The molecule has 2 aliphatic rings. The summed E-state index contributed by atoms with van der Waals surface area (Å²) in [7, 11) is 0. The van der Waals surface area contributed by atoms with Gasteiger partial charge in [0.2, 0.25) is 0 Å². The van der Waals surface area contributed by atoms with Gasteiger partial charge in [-0.05, 0) is 39.5 Å².